The van der Waals surface area contributed by atoms with Gasteiger partial charge in [-0.15, -0.1) is 0 Å². The summed E-state index contributed by atoms with van der Waals surface area (Å²) in [5.74, 6) is -0.0886. The van der Waals surface area contributed by atoms with Crippen LogP contribution in [0.25, 0.3) is 0 Å². The molecule has 0 N–H and O–H groups in total. The van der Waals surface area contributed by atoms with Crippen LogP contribution in [-0.4, -0.2) is 12.1 Å². The fourth-order valence-corrected chi connectivity index (χ4v) is 0.871. The second-order valence-electron chi connectivity index (χ2n) is 2.13. The Morgan fingerprint density at radius 2 is 2.36 bits per heavy atom. The predicted molar refractivity (Wildman–Crippen MR) is 40.1 cm³/mol. The average molecular weight is 155 g/mol. The summed E-state index contributed by atoms with van der Waals surface area (Å²) in [4.78, 5) is 3.85. The van der Waals surface area contributed by atoms with Gasteiger partial charge in [0.1, 0.15) is 0 Å². The number of methoxy groups -OCH3 is 1. The smallest absolute Gasteiger partial charge is 0.186 e. The Morgan fingerprint density at radius 3 is 2.91 bits per heavy atom. The van der Waals surface area contributed by atoms with Crippen LogP contribution in [0.3, 0.4) is 0 Å². The molecule has 1 aromatic heterocycles. The van der Waals surface area contributed by atoms with Crippen molar-refractivity contribution in [2.75, 3.05) is 7.11 Å². The van der Waals surface area contributed by atoms with Gasteiger partial charge in [-0.25, -0.2) is 4.39 Å². The highest BCUT2D eigenvalue weighted by atomic mass is 19.1. The molecule has 0 aliphatic rings. The highest BCUT2D eigenvalue weighted by Crippen LogP contribution is 2.17. The van der Waals surface area contributed by atoms with E-state index in [2.05, 4.69) is 4.98 Å². The largest absolute Gasteiger partial charge is 0.494 e. The molecule has 0 spiro atoms. The zero-order valence-electron chi connectivity index (χ0n) is 6.60. The molecule has 0 unspecified atom stereocenters. The quantitative estimate of drug-likeness (QED) is 0.649. The molecule has 1 aromatic rings. The zero-order chi connectivity index (χ0) is 8.27. The SMILES string of the molecule is CCc1nccc(OC)c1F. The number of pyridine rings is 1. The minimum absolute atomic E-state index is 0.261. The summed E-state index contributed by atoms with van der Waals surface area (Å²) in [5.41, 5.74) is 0.448. The van der Waals surface area contributed by atoms with E-state index in [0.29, 0.717) is 12.1 Å². The maximum absolute atomic E-state index is 13.1. The second-order valence-corrected chi connectivity index (χ2v) is 2.13. The van der Waals surface area contributed by atoms with Gasteiger partial charge in [0.25, 0.3) is 0 Å². The predicted octanol–water partition coefficient (Wildman–Crippen LogP) is 1.79. The van der Waals surface area contributed by atoms with E-state index < -0.39 is 0 Å². The molecule has 0 aromatic carbocycles. The Labute approximate surface area is 65.0 Å². The summed E-state index contributed by atoms with van der Waals surface area (Å²) in [5, 5.41) is 0. The lowest BCUT2D eigenvalue weighted by molar-refractivity contribution is 0.382. The molecule has 1 rings (SSSR count). The minimum atomic E-state index is -0.350. The van der Waals surface area contributed by atoms with Crippen LogP contribution in [0.2, 0.25) is 0 Å². The third-order valence-electron chi connectivity index (χ3n) is 1.48. The third-order valence-corrected chi connectivity index (χ3v) is 1.48. The fraction of sp³-hybridized carbons (Fsp3) is 0.375. The van der Waals surface area contributed by atoms with E-state index in [-0.39, 0.29) is 11.6 Å². The Hall–Kier alpha value is -1.12. The average Bonchev–Trinajstić information content (AvgIpc) is 2.05. The summed E-state index contributed by atoms with van der Waals surface area (Å²) in [6.07, 6.45) is 2.13. The van der Waals surface area contributed by atoms with Gasteiger partial charge in [0.15, 0.2) is 11.6 Å². The van der Waals surface area contributed by atoms with E-state index in [0.717, 1.165) is 0 Å². The molecule has 60 valence electrons. The van der Waals surface area contributed by atoms with E-state index in [1.54, 1.807) is 6.20 Å². The summed E-state index contributed by atoms with van der Waals surface area (Å²) in [7, 11) is 1.44. The molecule has 0 saturated carbocycles. The van der Waals surface area contributed by atoms with Crippen LogP contribution in [0.1, 0.15) is 12.6 Å². The molecule has 0 aliphatic heterocycles. The Morgan fingerprint density at radius 1 is 1.64 bits per heavy atom. The van der Waals surface area contributed by atoms with Crippen molar-refractivity contribution in [3.05, 3.63) is 23.8 Å². The summed E-state index contributed by atoms with van der Waals surface area (Å²) in [6.45, 7) is 1.85. The highest BCUT2D eigenvalue weighted by molar-refractivity contribution is 5.25. The van der Waals surface area contributed by atoms with Gasteiger partial charge in [-0.2, -0.15) is 0 Å². The van der Waals surface area contributed by atoms with Crippen molar-refractivity contribution in [1.29, 1.82) is 0 Å². The Balaban J connectivity index is 3.10. The maximum Gasteiger partial charge on any atom is 0.186 e. The molecular formula is C8H10FNO. The van der Waals surface area contributed by atoms with Crippen molar-refractivity contribution >= 4 is 0 Å². The molecular weight excluding hydrogens is 145 g/mol. The normalized spacial score (nSPS) is 9.73. The van der Waals surface area contributed by atoms with Gasteiger partial charge in [-0.1, -0.05) is 6.92 Å². The molecule has 0 aliphatic carbocycles. The van der Waals surface area contributed by atoms with Crippen LogP contribution >= 0.6 is 0 Å². The summed E-state index contributed by atoms with van der Waals surface area (Å²) in [6, 6.07) is 1.51. The van der Waals surface area contributed by atoms with E-state index >= 15 is 0 Å². The minimum Gasteiger partial charge on any atom is -0.494 e. The van der Waals surface area contributed by atoms with Crippen LogP contribution in [0.4, 0.5) is 4.39 Å². The number of nitrogens with zero attached hydrogens (tertiary/aromatic N) is 1. The molecule has 2 nitrogen and oxygen atoms in total. The molecule has 0 bridgehead atoms. The molecule has 11 heavy (non-hydrogen) atoms. The number of rotatable bonds is 2. The van der Waals surface area contributed by atoms with Crippen LogP contribution < -0.4 is 4.74 Å². The number of halogens is 1. The van der Waals surface area contributed by atoms with Gasteiger partial charge in [0.05, 0.1) is 12.8 Å². The van der Waals surface area contributed by atoms with Gasteiger partial charge >= 0.3 is 0 Å². The lowest BCUT2D eigenvalue weighted by Gasteiger charge is -2.03. The van der Waals surface area contributed by atoms with E-state index in [1.165, 1.54) is 13.2 Å². The molecule has 0 amide bonds. The van der Waals surface area contributed by atoms with Crippen LogP contribution in [0.5, 0.6) is 5.75 Å². The first kappa shape index (κ1) is 7.98. The van der Waals surface area contributed by atoms with Gasteiger partial charge in [-0.3, -0.25) is 4.98 Å². The van der Waals surface area contributed by atoms with Gasteiger partial charge in [0.2, 0.25) is 0 Å². The monoisotopic (exact) mass is 155 g/mol. The van der Waals surface area contributed by atoms with Crippen LogP contribution in [-0.2, 0) is 6.42 Å². The number of aryl methyl sites for hydroxylation is 1. The molecule has 0 radical (unpaired) electrons. The van der Waals surface area contributed by atoms with E-state index in [1.807, 2.05) is 6.92 Å². The molecule has 3 heteroatoms. The van der Waals surface area contributed by atoms with Crippen molar-refractivity contribution in [1.82, 2.24) is 4.98 Å². The van der Waals surface area contributed by atoms with Crippen molar-refractivity contribution in [3.8, 4) is 5.75 Å². The Bertz CT molecular complexity index is 228. The first-order valence-electron chi connectivity index (χ1n) is 3.47. The molecule has 0 atom stereocenters. The fourth-order valence-electron chi connectivity index (χ4n) is 0.871. The van der Waals surface area contributed by atoms with Crippen molar-refractivity contribution in [3.63, 3.8) is 0 Å². The second kappa shape index (κ2) is 3.32. The number of ether oxygens (including phenoxy) is 1. The first-order valence-corrected chi connectivity index (χ1v) is 3.47. The lowest BCUT2D eigenvalue weighted by Crippen LogP contribution is -1.96. The van der Waals surface area contributed by atoms with Gasteiger partial charge < -0.3 is 4.74 Å². The standard InChI is InChI=1S/C8H10FNO/c1-3-6-8(9)7(11-2)4-5-10-6/h4-5H,3H2,1-2H3. The van der Waals surface area contributed by atoms with E-state index in [4.69, 9.17) is 4.74 Å². The highest BCUT2D eigenvalue weighted by Gasteiger charge is 2.06. The van der Waals surface area contributed by atoms with Crippen molar-refractivity contribution < 1.29 is 9.13 Å². The number of aromatic nitrogens is 1. The van der Waals surface area contributed by atoms with Gasteiger partial charge in [0, 0.05) is 12.3 Å². The number of hydrogen-bond acceptors (Lipinski definition) is 2. The lowest BCUT2D eigenvalue weighted by atomic mass is 10.2. The molecule has 0 fully saturated rings. The Kier molecular flexibility index (Phi) is 2.41. The van der Waals surface area contributed by atoms with Crippen LogP contribution in [0, 0.1) is 5.82 Å². The van der Waals surface area contributed by atoms with Crippen molar-refractivity contribution in [2.24, 2.45) is 0 Å². The summed E-state index contributed by atoms with van der Waals surface area (Å²) >= 11 is 0. The maximum atomic E-state index is 13.1. The summed E-state index contributed by atoms with van der Waals surface area (Å²) < 4.78 is 17.9. The topological polar surface area (TPSA) is 22.1 Å². The molecule has 0 saturated heterocycles. The van der Waals surface area contributed by atoms with Crippen LogP contribution in [0.15, 0.2) is 12.3 Å². The first-order chi connectivity index (χ1) is 5.29. The van der Waals surface area contributed by atoms with E-state index in [9.17, 15) is 4.39 Å². The number of hydrogen-bond donors (Lipinski definition) is 0. The zero-order valence-corrected chi connectivity index (χ0v) is 6.60. The van der Waals surface area contributed by atoms with Crippen molar-refractivity contribution in [2.45, 2.75) is 13.3 Å². The third kappa shape index (κ3) is 1.48. The molecule has 1 heterocycles. The van der Waals surface area contributed by atoms with Gasteiger partial charge in [-0.05, 0) is 6.42 Å².